The van der Waals surface area contributed by atoms with Crippen molar-refractivity contribution in [1.82, 2.24) is 4.31 Å². The molecule has 2 aromatic rings. The molecule has 1 N–H and O–H groups in total. The Balaban J connectivity index is 1.75. The number of ether oxygens (including phenoxy) is 2. The molecular weight excluding hydrogens is 392 g/mol. The van der Waals surface area contributed by atoms with Crippen molar-refractivity contribution >= 4 is 21.6 Å². The van der Waals surface area contributed by atoms with Crippen LogP contribution in [0.25, 0.3) is 0 Å². The second-order valence-electron chi connectivity index (χ2n) is 6.90. The van der Waals surface area contributed by atoms with Crippen molar-refractivity contribution in [2.75, 3.05) is 32.6 Å². The van der Waals surface area contributed by atoms with Gasteiger partial charge in [-0.25, -0.2) is 8.42 Å². The van der Waals surface area contributed by atoms with Gasteiger partial charge in [-0.15, -0.1) is 0 Å². The first-order valence-electron chi connectivity index (χ1n) is 9.58. The fourth-order valence-electron chi connectivity index (χ4n) is 3.29. The molecule has 0 aliphatic carbocycles. The molecule has 2 aromatic carbocycles. The standard InChI is InChI=1S/C21H26N2O5S/c1-27-18-13-17(14-19(15-18)28-2)22-21(24)16-7-9-20(10-8-16)29(25,26)23-11-5-3-4-6-12-23/h7-10,13-15H,3-6,11-12H2,1-2H3,(H,22,24). The summed E-state index contributed by atoms with van der Waals surface area (Å²) in [6.45, 7) is 1.09. The van der Waals surface area contributed by atoms with Gasteiger partial charge in [-0.1, -0.05) is 12.8 Å². The van der Waals surface area contributed by atoms with Crippen molar-refractivity contribution in [1.29, 1.82) is 0 Å². The van der Waals surface area contributed by atoms with Crippen LogP contribution < -0.4 is 14.8 Å². The number of carbonyl (C=O) groups is 1. The summed E-state index contributed by atoms with van der Waals surface area (Å²) in [5.74, 6) is 0.760. The maximum absolute atomic E-state index is 12.9. The van der Waals surface area contributed by atoms with E-state index in [1.807, 2.05) is 0 Å². The summed E-state index contributed by atoms with van der Waals surface area (Å²) in [4.78, 5) is 12.8. The van der Waals surface area contributed by atoms with Crippen LogP contribution in [0.15, 0.2) is 47.4 Å². The third kappa shape index (κ3) is 5.07. The number of benzene rings is 2. The van der Waals surface area contributed by atoms with Crippen molar-refractivity contribution in [2.24, 2.45) is 0 Å². The number of carbonyl (C=O) groups excluding carboxylic acids is 1. The molecule has 0 bridgehead atoms. The van der Waals surface area contributed by atoms with E-state index >= 15 is 0 Å². The summed E-state index contributed by atoms with van der Waals surface area (Å²) in [6.07, 6.45) is 3.87. The molecule has 29 heavy (non-hydrogen) atoms. The lowest BCUT2D eigenvalue weighted by molar-refractivity contribution is 0.102. The number of hydrogen-bond donors (Lipinski definition) is 1. The average molecular weight is 419 g/mol. The molecular formula is C21H26N2O5S. The topological polar surface area (TPSA) is 84.9 Å². The molecule has 1 heterocycles. The molecule has 0 atom stereocenters. The van der Waals surface area contributed by atoms with Crippen LogP contribution in [-0.2, 0) is 10.0 Å². The Morgan fingerprint density at radius 3 is 1.97 bits per heavy atom. The first-order valence-corrected chi connectivity index (χ1v) is 11.0. The first kappa shape index (κ1) is 21.1. The molecule has 0 saturated carbocycles. The van der Waals surface area contributed by atoms with Gasteiger partial charge in [0.1, 0.15) is 11.5 Å². The number of anilines is 1. The third-order valence-corrected chi connectivity index (χ3v) is 6.84. The molecule has 1 fully saturated rings. The van der Waals surface area contributed by atoms with Crippen molar-refractivity contribution in [3.8, 4) is 11.5 Å². The van der Waals surface area contributed by atoms with Crippen molar-refractivity contribution in [2.45, 2.75) is 30.6 Å². The van der Waals surface area contributed by atoms with E-state index in [1.54, 1.807) is 18.2 Å². The summed E-state index contributed by atoms with van der Waals surface area (Å²) in [5, 5.41) is 2.78. The lowest BCUT2D eigenvalue weighted by atomic mass is 10.2. The van der Waals surface area contributed by atoms with E-state index < -0.39 is 10.0 Å². The van der Waals surface area contributed by atoms with Crippen LogP contribution in [0.1, 0.15) is 36.0 Å². The highest BCUT2D eigenvalue weighted by molar-refractivity contribution is 7.89. The summed E-state index contributed by atoms with van der Waals surface area (Å²) in [7, 11) is -0.473. The van der Waals surface area contributed by atoms with Gasteiger partial charge >= 0.3 is 0 Å². The SMILES string of the molecule is COc1cc(NC(=O)c2ccc(S(=O)(=O)N3CCCCCC3)cc2)cc(OC)c1. The molecule has 7 nitrogen and oxygen atoms in total. The third-order valence-electron chi connectivity index (χ3n) is 4.93. The Hall–Kier alpha value is -2.58. The number of nitrogens with one attached hydrogen (secondary N) is 1. The van der Waals surface area contributed by atoms with Gasteiger partial charge in [0.2, 0.25) is 10.0 Å². The van der Waals surface area contributed by atoms with Gasteiger partial charge in [0.25, 0.3) is 5.91 Å². The quantitative estimate of drug-likeness (QED) is 0.776. The van der Waals surface area contributed by atoms with Crippen LogP contribution in [0, 0.1) is 0 Å². The highest BCUT2D eigenvalue weighted by atomic mass is 32.2. The Morgan fingerprint density at radius 2 is 1.45 bits per heavy atom. The summed E-state index contributed by atoms with van der Waals surface area (Å²) in [5.41, 5.74) is 0.883. The molecule has 156 valence electrons. The largest absolute Gasteiger partial charge is 0.497 e. The maximum atomic E-state index is 12.9. The van der Waals surface area contributed by atoms with E-state index in [9.17, 15) is 13.2 Å². The Morgan fingerprint density at radius 1 is 0.897 bits per heavy atom. The molecule has 1 aliphatic rings. The van der Waals surface area contributed by atoms with Crippen LogP contribution in [0.2, 0.25) is 0 Å². The average Bonchev–Trinajstić information content (AvgIpc) is 3.03. The molecule has 8 heteroatoms. The van der Waals surface area contributed by atoms with Gasteiger partial charge in [-0.05, 0) is 37.1 Å². The van der Waals surface area contributed by atoms with Crippen molar-refractivity contribution in [3.63, 3.8) is 0 Å². The first-order chi connectivity index (χ1) is 13.9. The van der Waals surface area contributed by atoms with Crippen molar-refractivity contribution in [3.05, 3.63) is 48.0 Å². The fourth-order valence-corrected chi connectivity index (χ4v) is 4.81. The Kier molecular flexibility index (Phi) is 6.76. The van der Waals surface area contributed by atoms with E-state index in [-0.39, 0.29) is 10.8 Å². The van der Waals surface area contributed by atoms with Crippen LogP contribution in [0.5, 0.6) is 11.5 Å². The zero-order chi connectivity index (χ0) is 20.9. The van der Waals surface area contributed by atoms with E-state index in [0.717, 1.165) is 25.7 Å². The highest BCUT2D eigenvalue weighted by Crippen LogP contribution is 2.26. The molecule has 0 radical (unpaired) electrons. The molecule has 0 aromatic heterocycles. The van der Waals surface area contributed by atoms with Gasteiger partial charge in [0.15, 0.2) is 0 Å². The molecule has 1 saturated heterocycles. The predicted octanol–water partition coefficient (Wildman–Crippen LogP) is 3.52. The van der Waals surface area contributed by atoms with E-state index in [0.29, 0.717) is 35.8 Å². The molecule has 0 unspecified atom stereocenters. The number of amides is 1. The van der Waals surface area contributed by atoms with Gasteiger partial charge in [-0.3, -0.25) is 4.79 Å². The lowest BCUT2D eigenvalue weighted by Gasteiger charge is -2.20. The molecule has 1 amide bonds. The van der Waals surface area contributed by atoms with E-state index in [2.05, 4.69) is 5.32 Å². The summed E-state index contributed by atoms with van der Waals surface area (Å²) >= 11 is 0. The number of sulfonamides is 1. The number of methoxy groups -OCH3 is 2. The normalized spacial score (nSPS) is 15.4. The second-order valence-corrected chi connectivity index (χ2v) is 8.84. The Bertz CT molecular complexity index is 927. The van der Waals surface area contributed by atoms with E-state index in [4.69, 9.17) is 9.47 Å². The molecule has 1 aliphatic heterocycles. The monoisotopic (exact) mass is 418 g/mol. The van der Waals surface area contributed by atoms with Gasteiger partial charge < -0.3 is 14.8 Å². The zero-order valence-corrected chi connectivity index (χ0v) is 17.5. The van der Waals surface area contributed by atoms with Gasteiger partial charge in [0, 0.05) is 42.5 Å². The number of hydrogen-bond acceptors (Lipinski definition) is 5. The van der Waals surface area contributed by atoms with Crippen LogP contribution in [0.3, 0.4) is 0 Å². The van der Waals surface area contributed by atoms with E-state index in [1.165, 1.54) is 42.8 Å². The fraction of sp³-hybridized carbons (Fsp3) is 0.381. The van der Waals surface area contributed by atoms with Crippen LogP contribution in [0.4, 0.5) is 5.69 Å². The maximum Gasteiger partial charge on any atom is 0.255 e. The minimum absolute atomic E-state index is 0.207. The van der Waals surface area contributed by atoms with Crippen molar-refractivity contribution < 1.29 is 22.7 Å². The summed E-state index contributed by atoms with van der Waals surface area (Å²) in [6, 6.07) is 11.1. The van der Waals surface area contributed by atoms with Gasteiger partial charge in [-0.2, -0.15) is 4.31 Å². The predicted molar refractivity (Wildman–Crippen MR) is 111 cm³/mol. The minimum Gasteiger partial charge on any atom is -0.497 e. The molecule has 3 rings (SSSR count). The highest BCUT2D eigenvalue weighted by Gasteiger charge is 2.25. The zero-order valence-electron chi connectivity index (χ0n) is 16.7. The lowest BCUT2D eigenvalue weighted by Crippen LogP contribution is -2.31. The number of nitrogens with zero attached hydrogens (tertiary/aromatic N) is 1. The second kappa shape index (κ2) is 9.28. The minimum atomic E-state index is -3.54. The smallest absolute Gasteiger partial charge is 0.255 e. The molecule has 0 spiro atoms. The Labute approximate surface area is 171 Å². The van der Waals surface area contributed by atoms with Gasteiger partial charge in [0.05, 0.1) is 19.1 Å². The summed E-state index contributed by atoms with van der Waals surface area (Å²) < 4.78 is 37.6. The number of rotatable bonds is 6. The van der Waals surface area contributed by atoms with Crippen LogP contribution in [-0.4, -0.2) is 45.9 Å². The van der Waals surface area contributed by atoms with Crippen LogP contribution >= 0.6 is 0 Å².